The fourth-order valence-corrected chi connectivity index (χ4v) is 14.7. The fraction of sp³-hybridized carbons (Fsp3) is 0.306. The molecule has 4 nitrogen and oxygen atoms in total. The number of unbranched alkanes of at least 4 members (excludes halogenated alkanes) is 3. The molecule has 0 saturated heterocycles. The minimum absolute atomic E-state index is 0.134. The predicted molar refractivity (Wildman–Crippen MR) is 326 cm³/mol. The maximum absolute atomic E-state index is 2.66. The van der Waals surface area contributed by atoms with Crippen LogP contribution in [-0.4, -0.2) is 46.8 Å². The molecule has 4 heterocycles. The Hall–Kier alpha value is -7.30. The maximum atomic E-state index is 2.66. The lowest BCUT2D eigenvalue weighted by Gasteiger charge is -2.26. The molecule has 0 bridgehead atoms. The van der Waals surface area contributed by atoms with Gasteiger partial charge >= 0.3 is 0 Å². The summed E-state index contributed by atoms with van der Waals surface area (Å²) in [6.07, 6.45) is 19.0. The fourth-order valence-electron chi connectivity index (χ4n) is 14.7. The summed E-state index contributed by atoms with van der Waals surface area (Å²) in [4.78, 5) is 5.07. The summed E-state index contributed by atoms with van der Waals surface area (Å²) >= 11 is 0. The van der Waals surface area contributed by atoms with E-state index in [4.69, 9.17) is 0 Å². The highest BCUT2D eigenvalue weighted by Gasteiger charge is 2.48. The molecule has 4 aliphatic rings. The van der Waals surface area contributed by atoms with Gasteiger partial charge in [0.25, 0.3) is 0 Å². The van der Waals surface area contributed by atoms with Gasteiger partial charge in [-0.2, -0.15) is 9.15 Å². The van der Waals surface area contributed by atoms with Crippen LogP contribution in [0.15, 0.2) is 193 Å². The van der Waals surface area contributed by atoms with E-state index in [1.807, 2.05) is 0 Å². The van der Waals surface area contributed by atoms with Crippen molar-refractivity contribution in [2.24, 2.45) is 0 Å². The molecule has 12 rings (SSSR count). The minimum atomic E-state index is -0.170. The number of rotatable bonds is 13. The van der Waals surface area contributed by atoms with Crippen LogP contribution >= 0.6 is 0 Å². The Bertz CT molecular complexity index is 3610. The van der Waals surface area contributed by atoms with Crippen LogP contribution in [0.4, 0.5) is 22.7 Å². The molecule has 8 aromatic carbocycles. The monoisotopic (exact) mass is 997 g/mol. The molecule has 0 atom stereocenters. The van der Waals surface area contributed by atoms with E-state index in [9.17, 15) is 0 Å². The maximum Gasteiger partial charge on any atom is 0.210 e. The van der Waals surface area contributed by atoms with Crippen molar-refractivity contribution in [2.75, 3.05) is 36.0 Å². The SMILES string of the molecule is CCN1C(=CC=CC2=[N+](CCCCCC[N+]3=C(C=CC=C4N(CC)c5ccc6ccccc6c5C4(C)C)C(C)(C)c4c3ccc3ccccc43)c3ccc4ccccc4c3C2(C)C)C(C)(C)c2c1ccc1ccccc21. The Morgan fingerprint density at radius 2 is 0.697 bits per heavy atom. The normalized spacial score (nSPS) is 19.0. The largest absolute Gasteiger partial charge is 0.344 e. The standard InChI is InChI=1S/C72H76N4/c1-11-73-57-43-39-49-27-15-19-31-53(49)65(57)69(3,4)61(73)35-25-37-63-71(7,8)67-55-33-21-17-29-51(55)41-45-59(67)75(63)47-23-13-14-24-48-76-60-46-42-52-30-18-22-34-56(52)68(60)72(9,10)64(76)38-26-36-62-70(5,6)66-54-32-20-16-28-50(54)40-44-58(66)74(62)12-2/h15-22,25-46H,11-14,23-24,47-48H2,1-10H3/q+2. The molecule has 0 spiro atoms. The molecule has 0 fully saturated rings. The first-order valence-electron chi connectivity index (χ1n) is 28.4. The first kappa shape index (κ1) is 49.6. The molecule has 382 valence electrons. The number of likely N-dealkylation sites (N-methyl/N-ethyl adjacent to an activating group) is 2. The van der Waals surface area contributed by atoms with Crippen LogP contribution in [-0.2, 0) is 21.7 Å². The van der Waals surface area contributed by atoms with Crippen molar-refractivity contribution in [3.05, 3.63) is 216 Å². The first-order chi connectivity index (χ1) is 36.7. The van der Waals surface area contributed by atoms with Crippen LogP contribution in [0.1, 0.15) is 117 Å². The van der Waals surface area contributed by atoms with Crippen LogP contribution in [0.3, 0.4) is 0 Å². The van der Waals surface area contributed by atoms with Gasteiger partial charge in [-0.3, -0.25) is 0 Å². The molecular weight excluding hydrogens is 921 g/mol. The zero-order chi connectivity index (χ0) is 52.7. The summed E-state index contributed by atoms with van der Waals surface area (Å²) in [5, 5.41) is 10.7. The third-order valence-corrected chi connectivity index (χ3v) is 18.2. The molecule has 0 radical (unpaired) electrons. The van der Waals surface area contributed by atoms with Crippen LogP contribution < -0.4 is 9.80 Å². The van der Waals surface area contributed by atoms with Crippen molar-refractivity contribution in [2.45, 2.75) is 117 Å². The van der Waals surface area contributed by atoms with Crippen molar-refractivity contribution in [1.29, 1.82) is 0 Å². The quantitative estimate of drug-likeness (QED) is 0.0843. The van der Waals surface area contributed by atoms with Gasteiger partial charge in [0.05, 0.1) is 10.8 Å². The second-order valence-corrected chi connectivity index (χ2v) is 24.0. The number of nitrogens with zero attached hydrogens (tertiary/aromatic N) is 4. The van der Waals surface area contributed by atoms with Crippen LogP contribution in [0.5, 0.6) is 0 Å². The van der Waals surface area contributed by atoms with Gasteiger partial charge < -0.3 is 9.80 Å². The van der Waals surface area contributed by atoms with Crippen molar-refractivity contribution in [3.63, 3.8) is 0 Å². The second kappa shape index (κ2) is 18.8. The van der Waals surface area contributed by atoms with E-state index in [1.165, 1.54) is 124 Å². The van der Waals surface area contributed by atoms with E-state index in [0.29, 0.717) is 0 Å². The predicted octanol–water partition coefficient (Wildman–Crippen LogP) is 17.8. The van der Waals surface area contributed by atoms with Crippen molar-refractivity contribution in [1.82, 2.24) is 0 Å². The van der Waals surface area contributed by atoms with Crippen LogP contribution in [0.2, 0.25) is 0 Å². The van der Waals surface area contributed by atoms with Gasteiger partial charge in [0, 0.05) is 94.9 Å². The van der Waals surface area contributed by atoms with Crippen molar-refractivity contribution >= 4 is 77.3 Å². The Balaban J connectivity index is 0.827. The van der Waals surface area contributed by atoms with Gasteiger partial charge in [-0.25, -0.2) is 0 Å². The van der Waals surface area contributed by atoms with Crippen LogP contribution in [0.25, 0.3) is 43.1 Å². The summed E-state index contributed by atoms with van der Waals surface area (Å²) in [6.45, 7) is 27.8. The van der Waals surface area contributed by atoms with Crippen LogP contribution in [0, 0.1) is 0 Å². The lowest BCUT2D eigenvalue weighted by Crippen LogP contribution is -2.28. The number of fused-ring (bicyclic) bond motifs is 12. The molecule has 0 N–H and O–H groups in total. The molecule has 0 unspecified atom stereocenters. The number of anilines is 2. The number of allylic oxidation sites excluding steroid dienone is 8. The Morgan fingerprint density at radius 3 is 1.05 bits per heavy atom. The van der Waals surface area contributed by atoms with E-state index in [0.717, 1.165) is 39.0 Å². The molecule has 0 aromatic heterocycles. The number of hydrogen-bond acceptors (Lipinski definition) is 2. The topological polar surface area (TPSA) is 12.5 Å². The van der Waals surface area contributed by atoms with E-state index in [1.54, 1.807) is 0 Å². The molecule has 8 aromatic rings. The third-order valence-electron chi connectivity index (χ3n) is 18.2. The van der Waals surface area contributed by atoms with Crippen molar-refractivity contribution in [3.8, 4) is 0 Å². The summed E-state index contributed by atoms with van der Waals surface area (Å²) in [5.41, 5.74) is 16.0. The molecule has 4 heteroatoms. The molecule has 0 amide bonds. The van der Waals surface area contributed by atoms with E-state index in [2.05, 4.69) is 270 Å². The lowest BCUT2D eigenvalue weighted by atomic mass is 9.79. The molecular formula is C72H76N4+2. The van der Waals surface area contributed by atoms with E-state index < -0.39 is 0 Å². The minimum Gasteiger partial charge on any atom is -0.344 e. The molecule has 0 aliphatic carbocycles. The number of benzene rings is 8. The smallest absolute Gasteiger partial charge is 0.210 e. The Morgan fingerprint density at radius 1 is 0.368 bits per heavy atom. The Labute approximate surface area is 452 Å². The average Bonchev–Trinajstić information content (AvgIpc) is 4.19. The van der Waals surface area contributed by atoms with Gasteiger partial charge in [-0.05, 0) is 145 Å². The molecule has 76 heavy (non-hydrogen) atoms. The van der Waals surface area contributed by atoms with Gasteiger partial charge in [0.1, 0.15) is 13.1 Å². The highest BCUT2D eigenvalue weighted by Crippen LogP contribution is 2.53. The van der Waals surface area contributed by atoms with E-state index in [-0.39, 0.29) is 21.7 Å². The third kappa shape index (κ3) is 7.67. The number of hydrogen-bond donors (Lipinski definition) is 0. The van der Waals surface area contributed by atoms with Gasteiger partial charge in [-0.15, -0.1) is 0 Å². The Kier molecular flexibility index (Phi) is 12.2. The lowest BCUT2D eigenvalue weighted by molar-refractivity contribution is -0.440. The summed E-state index contributed by atoms with van der Waals surface area (Å²) in [5.74, 6) is 0. The van der Waals surface area contributed by atoms with Gasteiger partial charge in [0.2, 0.25) is 11.4 Å². The average molecular weight is 997 g/mol. The molecule has 4 aliphatic heterocycles. The van der Waals surface area contributed by atoms with Gasteiger partial charge in [0.15, 0.2) is 11.4 Å². The summed E-state index contributed by atoms with van der Waals surface area (Å²) < 4.78 is 5.33. The van der Waals surface area contributed by atoms with Crippen molar-refractivity contribution < 1.29 is 9.15 Å². The highest BCUT2D eigenvalue weighted by molar-refractivity contribution is 6.09. The first-order valence-corrected chi connectivity index (χ1v) is 28.4. The zero-order valence-electron chi connectivity index (χ0n) is 46.8. The van der Waals surface area contributed by atoms with Gasteiger partial charge in [-0.1, -0.05) is 149 Å². The summed E-state index contributed by atoms with van der Waals surface area (Å²) in [6, 6.07) is 54.5. The molecule has 0 saturated carbocycles. The highest BCUT2D eigenvalue weighted by atomic mass is 15.2. The summed E-state index contributed by atoms with van der Waals surface area (Å²) in [7, 11) is 0. The van der Waals surface area contributed by atoms with E-state index >= 15 is 0 Å². The zero-order valence-corrected chi connectivity index (χ0v) is 46.8. The second-order valence-electron chi connectivity index (χ2n) is 24.0.